The monoisotopic (exact) mass is 201 g/mol. The van der Waals surface area contributed by atoms with Crippen molar-refractivity contribution in [3.8, 4) is 0 Å². The molecule has 1 rings (SSSR count). The van der Waals surface area contributed by atoms with E-state index in [1.807, 2.05) is 0 Å². The Kier molecular flexibility index (Phi) is 2.93. The van der Waals surface area contributed by atoms with Gasteiger partial charge in [0.25, 0.3) is 0 Å². The van der Waals surface area contributed by atoms with Crippen LogP contribution in [0.2, 0.25) is 5.02 Å². The Labute approximate surface area is 82.1 Å². The van der Waals surface area contributed by atoms with Crippen molar-refractivity contribution in [2.45, 2.75) is 13.5 Å². The molecule has 0 spiro atoms. The first-order valence-corrected chi connectivity index (χ1v) is 4.28. The van der Waals surface area contributed by atoms with Crippen LogP contribution in [0.4, 0.5) is 0 Å². The highest BCUT2D eigenvalue weighted by Crippen LogP contribution is 2.15. The van der Waals surface area contributed by atoms with Gasteiger partial charge in [-0.1, -0.05) is 11.6 Å². The zero-order valence-corrected chi connectivity index (χ0v) is 8.67. The quantitative estimate of drug-likeness (QED) is 0.718. The van der Waals surface area contributed by atoms with Crippen LogP contribution in [-0.2, 0) is 18.4 Å². The molecule has 72 valence electrons. The van der Waals surface area contributed by atoms with Gasteiger partial charge < -0.3 is 4.90 Å². The maximum Gasteiger partial charge on any atom is 0.219 e. The lowest BCUT2D eigenvalue weighted by molar-refractivity contribution is -0.128. The van der Waals surface area contributed by atoms with Crippen molar-refractivity contribution in [3.63, 3.8) is 0 Å². The highest BCUT2D eigenvalue weighted by Gasteiger charge is 2.10. The van der Waals surface area contributed by atoms with Gasteiger partial charge in [0.2, 0.25) is 5.91 Å². The molecule has 0 saturated heterocycles. The highest BCUT2D eigenvalue weighted by molar-refractivity contribution is 6.31. The maximum atomic E-state index is 10.9. The van der Waals surface area contributed by atoms with Gasteiger partial charge in [-0.3, -0.25) is 9.48 Å². The number of amides is 1. The average Bonchev–Trinajstić information content (AvgIpc) is 2.35. The summed E-state index contributed by atoms with van der Waals surface area (Å²) in [6.07, 6.45) is 1.57. The molecule has 0 aliphatic carbocycles. The second-order valence-corrected chi connectivity index (χ2v) is 3.35. The summed E-state index contributed by atoms with van der Waals surface area (Å²) < 4.78 is 1.67. The first-order valence-electron chi connectivity index (χ1n) is 3.90. The van der Waals surface area contributed by atoms with Crippen molar-refractivity contribution in [2.24, 2.45) is 7.05 Å². The molecule has 1 aromatic heterocycles. The Morgan fingerprint density at radius 2 is 2.38 bits per heavy atom. The minimum absolute atomic E-state index is 0.0114. The summed E-state index contributed by atoms with van der Waals surface area (Å²) in [4.78, 5) is 12.5. The van der Waals surface area contributed by atoms with Crippen LogP contribution in [0.1, 0.15) is 12.6 Å². The molecule has 13 heavy (non-hydrogen) atoms. The van der Waals surface area contributed by atoms with E-state index in [2.05, 4.69) is 5.10 Å². The van der Waals surface area contributed by atoms with Gasteiger partial charge in [0.05, 0.1) is 23.5 Å². The molecule has 0 saturated carbocycles. The second kappa shape index (κ2) is 3.79. The zero-order chi connectivity index (χ0) is 10.0. The van der Waals surface area contributed by atoms with Crippen LogP contribution in [0.3, 0.4) is 0 Å². The third kappa shape index (κ3) is 2.21. The Morgan fingerprint density at radius 3 is 2.77 bits per heavy atom. The summed E-state index contributed by atoms with van der Waals surface area (Å²) in [6, 6.07) is 0. The molecule has 0 aliphatic rings. The summed E-state index contributed by atoms with van der Waals surface area (Å²) in [5, 5.41) is 4.57. The Morgan fingerprint density at radius 1 is 1.77 bits per heavy atom. The fraction of sp³-hybridized carbons (Fsp3) is 0.500. The number of hydrogen-bond acceptors (Lipinski definition) is 2. The summed E-state index contributed by atoms with van der Waals surface area (Å²) in [7, 11) is 3.53. The van der Waals surface area contributed by atoms with Gasteiger partial charge in [-0.2, -0.15) is 5.10 Å². The molecule has 1 heterocycles. The van der Waals surface area contributed by atoms with Gasteiger partial charge in [0, 0.05) is 21.0 Å². The van der Waals surface area contributed by atoms with E-state index >= 15 is 0 Å². The molecule has 4 nitrogen and oxygen atoms in total. The van der Waals surface area contributed by atoms with Gasteiger partial charge >= 0.3 is 0 Å². The van der Waals surface area contributed by atoms with Crippen molar-refractivity contribution < 1.29 is 4.79 Å². The van der Waals surface area contributed by atoms with Gasteiger partial charge in [0.15, 0.2) is 0 Å². The summed E-state index contributed by atoms with van der Waals surface area (Å²) in [6.45, 7) is 2.01. The third-order valence-electron chi connectivity index (χ3n) is 1.94. The minimum atomic E-state index is 0.0114. The first kappa shape index (κ1) is 10.1. The average molecular weight is 202 g/mol. The van der Waals surface area contributed by atoms with Crippen molar-refractivity contribution >= 4 is 17.5 Å². The summed E-state index contributed by atoms with van der Waals surface area (Å²) in [5.41, 5.74) is 0.847. The lowest BCUT2D eigenvalue weighted by Crippen LogP contribution is -2.24. The molecule has 5 heteroatoms. The Balaban J connectivity index is 2.79. The van der Waals surface area contributed by atoms with Crippen LogP contribution in [-0.4, -0.2) is 27.6 Å². The van der Waals surface area contributed by atoms with Crippen molar-refractivity contribution in [3.05, 3.63) is 16.9 Å². The number of hydrogen-bond donors (Lipinski definition) is 0. The van der Waals surface area contributed by atoms with Gasteiger partial charge in [-0.25, -0.2) is 0 Å². The minimum Gasteiger partial charge on any atom is -0.340 e. The Bertz CT molecular complexity index is 302. The molecule has 0 unspecified atom stereocenters. The molecule has 1 amide bonds. The van der Waals surface area contributed by atoms with Gasteiger partial charge in [-0.05, 0) is 0 Å². The van der Waals surface area contributed by atoms with Crippen LogP contribution in [0, 0.1) is 0 Å². The molecule has 1 aromatic rings. The predicted molar refractivity (Wildman–Crippen MR) is 50.4 cm³/mol. The number of aromatic nitrogens is 2. The van der Waals surface area contributed by atoms with E-state index in [9.17, 15) is 4.79 Å². The largest absolute Gasteiger partial charge is 0.340 e. The molecule has 0 aliphatic heterocycles. The van der Waals surface area contributed by atoms with E-state index in [-0.39, 0.29) is 5.91 Å². The van der Waals surface area contributed by atoms with E-state index in [0.29, 0.717) is 11.6 Å². The van der Waals surface area contributed by atoms with Crippen LogP contribution in [0.5, 0.6) is 0 Å². The SMILES string of the molecule is CC(=O)N(C)Cc1c(Cl)cnn1C. The van der Waals surface area contributed by atoms with Crippen molar-refractivity contribution in [1.82, 2.24) is 14.7 Å². The van der Waals surface area contributed by atoms with Crippen LogP contribution in [0.25, 0.3) is 0 Å². The number of nitrogens with zero attached hydrogens (tertiary/aromatic N) is 3. The van der Waals surface area contributed by atoms with Crippen molar-refractivity contribution in [2.75, 3.05) is 7.05 Å². The smallest absolute Gasteiger partial charge is 0.219 e. The van der Waals surface area contributed by atoms with Crippen LogP contribution in [0.15, 0.2) is 6.20 Å². The second-order valence-electron chi connectivity index (χ2n) is 2.94. The summed E-state index contributed by atoms with van der Waals surface area (Å²) >= 11 is 5.87. The highest BCUT2D eigenvalue weighted by atomic mass is 35.5. The molecule has 0 bridgehead atoms. The summed E-state index contributed by atoms with van der Waals surface area (Å²) in [5.74, 6) is 0.0114. The Hall–Kier alpha value is -1.03. The zero-order valence-electron chi connectivity index (χ0n) is 7.91. The van der Waals surface area contributed by atoms with E-state index in [1.165, 1.54) is 6.92 Å². The van der Waals surface area contributed by atoms with E-state index < -0.39 is 0 Å². The van der Waals surface area contributed by atoms with Gasteiger partial charge in [-0.15, -0.1) is 0 Å². The lowest BCUT2D eigenvalue weighted by Gasteiger charge is -2.14. The predicted octanol–water partition coefficient (Wildman–Crippen LogP) is 1.05. The molecule has 0 aromatic carbocycles. The number of halogens is 1. The lowest BCUT2D eigenvalue weighted by atomic mass is 10.4. The number of rotatable bonds is 2. The maximum absolute atomic E-state index is 10.9. The van der Waals surface area contributed by atoms with Crippen LogP contribution < -0.4 is 0 Å². The van der Waals surface area contributed by atoms with E-state index in [0.717, 1.165) is 5.69 Å². The molecule has 0 atom stereocenters. The first-order chi connectivity index (χ1) is 6.02. The van der Waals surface area contributed by atoms with Crippen molar-refractivity contribution in [1.29, 1.82) is 0 Å². The molecular formula is C8H12ClN3O. The van der Waals surface area contributed by atoms with Crippen LogP contribution >= 0.6 is 11.6 Å². The van der Waals surface area contributed by atoms with E-state index in [4.69, 9.17) is 11.6 Å². The molecular weight excluding hydrogens is 190 g/mol. The standard InChI is InChI=1S/C8H12ClN3O/c1-6(13)11(2)5-8-7(9)4-10-12(8)3/h4H,5H2,1-3H3. The molecule has 0 radical (unpaired) electrons. The number of aryl methyl sites for hydroxylation is 1. The van der Waals surface area contributed by atoms with E-state index in [1.54, 1.807) is 29.9 Å². The van der Waals surface area contributed by atoms with Gasteiger partial charge in [0.1, 0.15) is 0 Å². The normalized spacial score (nSPS) is 10.2. The molecule has 0 fully saturated rings. The topological polar surface area (TPSA) is 38.1 Å². The number of carbonyl (C=O) groups excluding carboxylic acids is 1. The fourth-order valence-electron chi connectivity index (χ4n) is 0.950. The molecule has 0 N–H and O–H groups in total. The third-order valence-corrected chi connectivity index (χ3v) is 2.25. The number of carbonyl (C=O) groups is 1. The fourth-order valence-corrected chi connectivity index (χ4v) is 1.18.